The van der Waals surface area contributed by atoms with E-state index in [-0.39, 0.29) is 24.3 Å². The first-order chi connectivity index (χ1) is 9.66. The molecule has 1 aromatic rings. The molecule has 1 aromatic carbocycles. The topological polar surface area (TPSA) is 66.4 Å². The zero-order chi connectivity index (χ0) is 14.4. The van der Waals surface area contributed by atoms with Crippen molar-refractivity contribution in [2.45, 2.75) is 44.6 Å². The summed E-state index contributed by atoms with van der Waals surface area (Å²) >= 11 is 0. The van der Waals surface area contributed by atoms with Crippen LogP contribution >= 0.6 is 0 Å². The van der Waals surface area contributed by atoms with Crippen LogP contribution < -0.4 is 5.32 Å². The van der Waals surface area contributed by atoms with Gasteiger partial charge in [0.25, 0.3) is 5.91 Å². The molecule has 2 atom stereocenters. The van der Waals surface area contributed by atoms with E-state index in [1.807, 2.05) is 18.2 Å². The lowest BCUT2D eigenvalue weighted by Crippen LogP contribution is -2.42. The van der Waals surface area contributed by atoms with Crippen LogP contribution in [0.25, 0.3) is 0 Å². The maximum absolute atomic E-state index is 12.2. The van der Waals surface area contributed by atoms with E-state index in [9.17, 15) is 9.59 Å². The third-order valence-corrected chi connectivity index (χ3v) is 3.99. The van der Waals surface area contributed by atoms with Gasteiger partial charge in [0, 0.05) is 18.0 Å². The van der Waals surface area contributed by atoms with E-state index >= 15 is 0 Å². The lowest BCUT2D eigenvalue weighted by molar-refractivity contribution is -0.137. The normalized spacial score (nSPS) is 22.2. The van der Waals surface area contributed by atoms with Crippen LogP contribution in [0, 0.1) is 5.92 Å². The number of rotatable bonds is 5. The largest absolute Gasteiger partial charge is 0.481 e. The van der Waals surface area contributed by atoms with Gasteiger partial charge >= 0.3 is 5.97 Å². The highest BCUT2D eigenvalue weighted by Crippen LogP contribution is 2.28. The van der Waals surface area contributed by atoms with Crippen LogP contribution in [-0.4, -0.2) is 23.0 Å². The number of hydrogen-bond acceptors (Lipinski definition) is 2. The minimum Gasteiger partial charge on any atom is -0.481 e. The van der Waals surface area contributed by atoms with Crippen molar-refractivity contribution in [2.24, 2.45) is 5.92 Å². The van der Waals surface area contributed by atoms with Gasteiger partial charge in [-0.2, -0.15) is 0 Å². The SMILES string of the molecule is O=C(O)CCC1CCCCC1NC(=O)c1ccccc1. The van der Waals surface area contributed by atoms with Crippen molar-refractivity contribution in [2.75, 3.05) is 0 Å². The number of nitrogens with one attached hydrogen (secondary N) is 1. The summed E-state index contributed by atoms with van der Waals surface area (Å²) in [5.41, 5.74) is 0.662. The minimum atomic E-state index is -0.760. The number of carbonyl (C=O) groups excluding carboxylic acids is 1. The Bertz CT molecular complexity index is 458. The zero-order valence-electron chi connectivity index (χ0n) is 11.5. The summed E-state index contributed by atoms with van der Waals surface area (Å²) in [5, 5.41) is 11.9. The monoisotopic (exact) mass is 275 g/mol. The molecule has 1 saturated carbocycles. The van der Waals surface area contributed by atoms with Crippen molar-refractivity contribution in [3.63, 3.8) is 0 Å². The minimum absolute atomic E-state index is 0.0576. The van der Waals surface area contributed by atoms with Gasteiger partial charge in [0.1, 0.15) is 0 Å². The number of benzene rings is 1. The predicted octanol–water partition coefficient (Wildman–Crippen LogP) is 2.84. The number of aliphatic carboxylic acids is 1. The van der Waals surface area contributed by atoms with E-state index < -0.39 is 5.97 Å². The zero-order valence-corrected chi connectivity index (χ0v) is 11.5. The molecule has 0 radical (unpaired) electrons. The van der Waals surface area contributed by atoms with Gasteiger partial charge in [0.2, 0.25) is 0 Å². The molecule has 1 aliphatic carbocycles. The van der Waals surface area contributed by atoms with Crippen molar-refractivity contribution in [1.29, 1.82) is 0 Å². The quantitative estimate of drug-likeness (QED) is 0.868. The lowest BCUT2D eigenvalue weighted by Gasteiger charge is -2.32. The Morgan fingerprint density at radius 2 is 1.85 bits per heavy atom. The van der Waals surface area contributed by atoms with Crippen molar-refractivity contribution < 1.29 is 14.7 Å². The average molecular weight is 275 g/mol. The summed E-state index contributed by atoms with van der Waals surface area (Å²) < 4.78 is 0. The maximum atomic E-state index is 12.2. The highest BCUT2D eigenvalue weighted by atomic mass is 16.4. The fourth-order valence-electron chi connectivity index (χ4n) is 2.89. The smallest absolute Gasteiger partial charge is 0.303 e. The fourth-order valence-corrected chi connectivity index (χ4v) is 2.89. The van der Waals surface area contributed by atoms with Gasteiger partial charge in [-0.25, -0.2) is 0 Å². The second-order valence-electron chi connectivity index (χ2n) is 5.42. The van der Waals surface area contributed by atoms with E-state index in [0.717, 1.165) is 25.7 Å². The summed E-state index contributed by atoms with van der Waals surface area (Å²) in [5.74, 6) is -0.533. The van der Waals surface area contributed by atoms with Crippen molar-refractivity contribution >= 4 is 11.9 Å². The summed E-state index contributed by atoms with van der Waals surface area (Å²) in [6, 6.07) is 9.27. The lowest BCUT2D eigenvalue weighted by atomic mass is 9.81. The van der Waals surface area contributed by atoms with Gasteiger partial charge in [-0.1, -0.05) is 31.0 Å². The van der Waals surface area contributed by atoms with E-state index in [1.165, 1.54) is 0 Å². The van der Waals surface area contributed by atoms with Gasteiger partial charge in [-0.15, -0.1) is 0 Å². The summed E-state index contributed by atoms with van der Waals surface area (Å²) in [4.78, 5) is 22.9. The number of carbonyl (C=O) groups is 2. The molecule has 20 heavy (non-hydrogen) atoms. The molecule has 2 rings (SSSR count). The van der Waals surface area contributed by atoms with Crippen molar-refractivity contribution in [1.82, 2.24) is 5.32 Å². The van der Waals surface area contributed by atoms with Crippen LogP contribution in [0.3, 0.4) is 0 Å². The van der Waals surface area contributed by atoms with Crippen LogP contribution in [0.15, 0.2) is 30.3 Å². The van der Waals surface area contributed by atoms with E-state index in [0.29, 0.717) is 12.0 Å². The van der Waals surface area contributed by atoms with Crippen molar-refractivity contribution in [3.8, 4) is 0 Å². The second-order valence-corrected chi connectivity index (χ2v) is 5.42. The van der Waals surface area contributed by atoms with Crippen molar-refractivity contribution in [3.05, 3.63) is 35.9 Å². The second kappa shape index (κ2) is 7.08. The summed E-state index contributed by atoms with van der Waals surface area (Å²) in [6.45, 7) is 0. The Morgan fingerprint density at radius 1 is 1.15 bits per heavy atom. The van der Waals surface area contributed by atoms with Crippen LogP contribution in [0.2, 0.25) is 0 Å². The number of carboxylic acid groups (broad SMARTS) is 1. The molecule has 4 heteroatoms. The van der Waals surface area contributed by atoms with Crippen LogP contribution in [-0.2, 0) is 4.79 Å². The molecule has 2 unspecified atom stereocenters. The Labute approximate surface area is 119 Å². The highest BCUT2D eigenvalue weighted by molar-refractivity contribution is 5.94. The Morgan fingerprint density at radius 3 is 2.55 bits per heavy atom. The van der Waals surface area contributed by atoms with Gasteiger partial charge in [-0.3, -0.25) is 9.59 Å². The fraction of sp³-hybridized carbons (Fsp3) is 0.500. The summed E-state index contributed by atoms with van der Waals surface area (Å²) in [7, 11) is 0. The molecule has 108 valence electrons. The molecule has 0 spiro atoms. The molecule has 0 heterocycles. The van der Waals surface area contributed by atoms with Crippen LogP contribution in [0.4, 0.5) is 0 Å². The molecule has 0 aliphatic heterocycles. The molecular weight excluding hydrogens is 254 g/mol. The molecule has 0 bridgehead atoms. The van der Waals surface area contributed by atoms with Gasteiger partial charge < -0.3 is 10.4 Å². The Balaban J connectivity index is 1.94. The standard InChI is InChI=1S/C16H21NO3/c18-15(19)11-10-12-6-4-5-9-14(12)17-16(20)13-7-2-1-3-8-13/h1-3,7-8,12,14H,4-6,9-11H2,(H,17,20)(H,18,19). The Hall–Kier alpha value is -1.84. The first-order valence-electron chi connectivity index (χ1n) is 7.24. The number of amides is 1. The molecule has 1 amide bonds. The maximum Gasteiger partial charge on any atom is 0.303 e. The van der Waals surface area contributed by atoms with Gasteiger partial charge in [-0.05, 0) is 37.3 Å². The first kappa shape index (κ1) is 14.6. The first-order valence-corrected chi connectivity index (χ1v) is 7.24. The number of hydrogen-bond donors (Lipinski definition) is 2. The van der Waals surface area contributed by atoms with E-state index in [4.69, 9.17) is 5.11 Å². The molecule has 0 saturated heterocycles. The molecule has 1 fully saturated rings. The average Bonchev–Trinajstić information content (AvgIpc) is 2.47. The summed E-state index contributed by atoms with van der Waals surface area (Å²) in [6.07, 6.45) is 5.01. The van der Waals surface area contributed by atoms with Gasteiger partial charge in [0.15, 0.2) is 0 Å². The third-order valence-electron chi connectivity index (χ3n) is 3.99. The Kier molecular flexibility index (Phi) is 5.16. The molecule has 2 N–H and O–H groups in total. The predicted molar refractivity (Wildman–Crippen MR) is 76.5 cm³/mol. The van der Waals surface area contributed by atoms with E-state index in [1.54, 1.807) is 12.1 Å². The molecule has 1 aliphatic rings. The highest BCUT2D eigenvalue weighted by Gasteiger charge is 2.27. The molecular formula is C16H21NO3. The van der Waals surface area contributed by atoms with Crippen LogP contribution in [0.5, 0.6) is 0 Å². The van der Waals surface area contributed by atoms with Crippen LogP contribution in [0.1, 0.15) is 48.9 Å². The third kappa shape index (κ3) is 4.08. The molecule has 0 aromatic heterocycles. The van der Waals surface area contributed by atoms with E-state index in [2.05, 4.69) is 5.32 Å². The molecule has 4 nitrogen and oxygen atoms in total. The van der Waals surface area contributed by atoms with Gasteiger partial charge in [0.05, 0.1) is 0 Å². The number of carboxylic acids is 1.